The van der Waals surface area contributed by atoms with E-state index in [2.05, 4.69) is 0 Å². The van der Waals surface area contributed by atoms with E-state index >= 15 is 0 Å². The number of nitrogens with zero attached hydrogens (tertiary/aromatic N) is 2. The first kappa shape index (κ1) is 15.4. The van der Waals surface area contributed by atoms with Gasteiger partial charge in [0.25, 0.3) is 5.56 Å². The van der Waals surface area contributed by atoms with Crippen LogP contribution in [0.5, 0.6) is 11.8 Å². The molecule has 0 radical (unpaired) electrons. The molecule has 1 aromatic carbocycles. The highest BCUT2D eigenvalue weighted by Gasteiger charge is 2.23. The summed E-state index contributed by atoms with van der Waals surface area (Å²) in [7, 11) is 0. The SMILES string of the molecule is CC(C)n1c(Oc2ccccc2)nc2sc3c(c2c1=O)CCCC3. The monoisotopic (exact) mass is 340 g/mol. The molecular weight excluding hydrogens is 320 g/mol. The number of aromatic nitrogens is 2. The number of fused-ring (bicyclic) bond motifs is 3. The maximum Gasteiger partial charge on any atom is 0.306 e. The topological polar surface area (TPSA) is 44.1 Å². The van der Waals surface area contributed by atoms with Crippen molar-refractivity contribution in [1.29, 1.82) is 0 Å². The largest absolute Gasteiger partial charge is 0.425 e. The predicted molar refractivity (Wildman–Crippen MR) is 97.4 cm³/mol. The summed E-state index contributed by atoms with van der Waals surface area (Å²) in [6.45, 7) is 3.98. The summed E-state index contributed by atoms with van der Waals surface area (Å²) in [6.07, 6.45) is 4.41. The van der Waals surface area contributed by atoms with Crippen LogP contribution in [0.1, 0.15) is 43.2 Å². The Bertz CT molecular complexity index is 941. The maximum absolute atomic E-state index is 13.2. The van der Waals surface area contributed by atoms with Crippen molar-refractivity contribution >= 4 is 21.6 Å². The number of benzene rings is 1. The molecule has 0 amide bonds. The van der Waals surface area contributed by atoms with E-state index in [1.807, 2.05) is 44.2 Å². The average Bonchev–Trinajstić information content (AvgIpc) is 2.94. The maximum atomic E-state index is 13.2. The third-order valence-electron chi connectivity index (χ3n) is 4.46. The molecule has 0 spiro atoms. The van der Waals surface area contributed by atoms with E-state index in [-0.39, 0.29) is 11.6 Å². The minimum atomic E-state index is -0.00717. The van der Waals surface area contributed by atoms with Gasteiger partial charge < -0.3 is 4.74 Å². The van der Waals surface area contributed by atoms with Gasteiger partial charge in [-0.15, -0.1) is 11.3 Å². The number of rotatable bonds is 3. The molecule has 0 N–H and O–H groups in total. The van der Waals surface area contributed by atoms with Gasteiger partial charge in [0.2, 0.25) is 0 Å². The summed E-state index contributed by atoms with van der Waals surface area (Å²) in [5.41, 5.74) is 1.25. The minimum absolute atomic E-state index is 0.00717. The molecule has 1 aliphatic rings. The van der Waals surface area contributed by atoms with E-state index in [4.69, 9.17) is 9.72 Å². The molecule has 4 rings (SSSR count). The lowest BCUT2D eigenvalue weighted by Crippen LogP contribution is -2.24. The standard InChI is InChI=1S/C19H20N2O2S/c1-12(2)21-18(22)16-14-10-6-7-11-15(14)24-17(16)20-19(21)23-13-8-4-3-5-9-13/h3-5,8-9,12H,6-7,10-11H2,1-2H3. The van der Waals surface area contributed by atoms with Crippen LogP contribution in [-0.2, 0) is 12.8 Å². The third-order valence-corrected chi connectivity index (χ3v) is 5.64. The second kappa shape index (κ2) is 6.06. The molecule has 0 fully saturated rings. The summed E-state index contributed by atoms with van der Waals surface area (Å²) in [4.78, 5) is 20.0. The van der Waals surface area contributed by atoms with Gasteiger partial charge in [0.1, 0.15) is 10.6 Å². The first-order chi connectivity index (χ1) is 11.6. The number of hydrogen-bond acceptors (Lipinski definition) is 4. The van der Waals surface area contributed by atoms with Crippen LogP contribution in [0.2, 0.25) is 0 Å². The van der Waals surface area contributed by atoms with Gasteiger partial charge in [-0.3, -0.25) is 9.36 Å². The minimum Gasteiger partial charge on any atom is -0.425 e. The average molecular weight is 340 g/mol. The highest BCUT2D eigenvalue weighted by molar-refractivity contribution is 7.18. The van der Waals surface area contributed by atoms with Crippen molar-refractivity contribution in [2.75, 3.05) is 0 Å². The van der Waals surface area contributed by atoms with E-state index in [1.54, 1.807) is 15.9 Å². The number of hydrogen-bond donors (Lipinski definition) is 0. The Morgan fingerprint density at radius 1 is 1.17 bits per heavy atom. The molecule has 0 saturated heterocycles. The smallest absolute Gasteiger partial charge is 0.306 e. The van der Waals surface area contributed by atoms with Crippen LogP contribution in [0.15, 0.2) is 35.1 Å². The van der Waals surface area contributed by atoms with Crippen molar-refractivity contribution in [3.8, 4) is 11.8 Å². The second-order valence-corrected chi connectivity index (χ2v) is 7.55. The Kier molecular flexibility index (Phi) is 3.88. The molecule has 1 aliphatic carbocycles. The van der Waals surface area contributed by atoms with E-state index < -0.39 is 0 Å². The summed E-state index contributed by atoms with van der Waals surface area (Å²) >= 11 is 1.65. The lowest BCUT2D eigenvalue weighted by atomic mass is 9.97. The van der Waals surface area contributed by atoms with Crippen molar-refractivity contribution in [1.82, 2.24) is 9.55 Å². The Balaban J connectivity index is 1.93. The molecule has 2 aromatic heterocycles. The summed E-state index contributed by atoms with van der Waals surface area (Å²) in [6, 6.07) is 9.89. The molecule has 124 valence electrons. The van der Waals surface area contributed by atoms with Crippen LogP contribution in [0.3, 0.4) is 0 Å². The van der Waals surface area contributed by atoms with Gasteiger partial charge >= 0.3 is 6.01 Å². The number of aryl methyl sites for hydroxylation is 2. The summed E-state index contributed by atoms with van der Waals surface area (Å²) < 4.78 is 7.63. The Hall–Kier alpha value is -2.14. The molecule has 0 bridgehead atoms. The lowest BCUT2D eigenvalue weighted by molar-refractivity contribution is 0.383. The Labute approximate surface area is 144 Å². The molecule has 0 unspecified atom stereocenters. The van der Waals surface area contributed by atoms with E-state index in [0.717, 1.165) is 29.5 Å². The lowest BCUT2D eigenvalue weighted by Gasteiger charge is -2.16. The predicted octanol–water partition coefficient (Wildman–Crippen LogP) is 4.71. The van der Waals surface area contributed by atoms with Gasteiger partial charge in [0.05, 0.1) is 5.39 Å². The van der Waals surface area contributed by atoms with Crippen molar-refractivity contribution in [3.05, 3.63) is 51.1 Å². The van der Waals surface area contributed by atoms with Gasteiger partial charge in [0, 0.05) is 10.9 Å². The fourth-order valence-corrected chi connectivity index (χ4v) is 4.56. The highest BCUT2D eigenvalue weighted by Crippen LogP contribution is 2.35. The van der Waals surface area contributed by atoms with Gasteiger partial charge in [-0.2, -0.15) is 4.98 Å². The zero-order valence-electron chi connectivity index (χ0n) is 13.9. The fourth-order valence-electron chi connectivity index (χ4n) is 3.32. The van der Waals surface area contributed by atoms with E-state index in [9.17, 15) is 4.79 Å². The highest BCUT2D eigenvalue weighted by atomic mass is 32.1. The van der Waals surface area contributed by atoms with Crippen LogP contribution in [0, 0.1) is 0 Å². The third kappa shape index (κ3) is 2.53. The fraction of sp³-hybridized carbons (Fsp3) is 0.368. The summed E-state index contributed by atoms with van der Waals surface area (Å²) in [5, 5.41) is 0.809. The number of ether oxygens (including phenoxy) is 1. The quantitative estimate of drug-likeness (QED) is 0.693. The molecule has 0 aliphatic heterocycles. The normalized spacial score (nSPS) is 14.1. The van der Waals surface area contributed by atoms with Crippen molar-refractivity contribution < 1.29 is 4.74 Å². The molecule has 3 aromatic rings. The van der Waals surface area contributed by atoms with Crippen LogP contribution in [0.4, 0.5) is 0 Å². The molecule has 0 atom stereocenters. The van der Waals surface area contributed by atoms with Gasteiger partial charge in [-0.25, -0.2) is 0 Å². The molecule has 0 saturated carbocycles. The zero-order valence-corrected chi connectivity index (χ0v) is 14.7. The molecule has 5 heteroatoms. The summed E-state index contributed by atoms with van der Waals surface area (Å²) in [5.74, 6) is 0.694. The van der Waals surface area contributed by atoms with Crippen LogP contribution in [-0.4, -0.2) is 9.55 Å². The van der Waals surface area contributed by atoms with Gasteiger partial charge in [0.15, 0.2) is 0 Å². The van der Waals surface area contributed by atoms with Crippen molar-refractivity contribution in [2.24, 2.45) is 0 Å². The van der Waals surface area contributed by atoms with E-state index in [1.165, 1.54) is 16.9 Å². The van der Waals surface area contributed by atoms with Crippen LogP contribution < -0.4 is 10.3 Å². The number of para-hydroxylation sites is 1. The van der Waals surface area contributed by atoms with Crippen molar-refractivity contribution in [2.45, 2.75) is 45.6 Å². The first-order valence-electron chi connectivity index (χ1n) is 8.45. The second-order valence-electron chi connectivity index (χ2n) is 6.47. The molecule has 2 heterocycles. The van der Waals surface area contributed by atoms with Crippen LogP contribution >= 0.6 is 11.3 Å². The Morgan fingerprint density at radius 2 is 1.92 bits per heavy atom. The molecule has 24 heavy (non-hydrogen) atoms. The zero-order chi connectivity index (χ0) is 16.7. The van der Waals surface area contributed by atoms with Gasteiger partial charge in [-0.05, 0) is 57.2 Å². The Morgan fingerprint density at radius 3 is 2.67 bits per heavy atom. The first-order valence-corrected chi connectivity index (χ1v) is 9.26. The van der Waals surface area contributed by atoms with Crippen LogP contribution in [0.25, 0.3) is 10.2 Å². The van der Waals surface area contributed by atoms with E-state index in [0.29, 0.717) is 11.8 Å². The van der Waals surface area contributed by atoms with Gasteiger partial charge in [-0.1, -0.05) is 18.2 Å². The van der Waals surface area contributed by atoms with Crippen molar-refractivity contribution in [3.63, 3.8) is 0 Å². The number of thiophene rings is 1. The molecular formula is C19H20N2O2S. The molecule has 4 nitrogen and oxygen atoms in total.